The number of hydrogen-bond donors (Lipinski definition) is 4. The molecule has 8 heteroatoms. The van der Waals surface area contributed by atoms with E-state index in [1.807, 2.05) is 12.1 Å². The standard InChI is InChI=1S/C22H17Cl2N3O3/c23-13-3-6-15(17(24)11-13)21-26-19-16(7-8-18(29)20(19)27-21)22(30)25-14-4-1-12(2-5-14)9-10-28/h1-8,11,28-29H,9-10H2,(H,25,30)(H,26,27). The van der Waals surface area contributed by atoms with Crippen LogP contribution in [0.1, 0.15) is 15.9 Å². The first kappa shape index (κ1) is 20.2. The zero-order valence-electron chi connectivity index (χ0n) is 15.6. The molecule has 0 atom stereocenters. The van der Waals surface area contributed by atoms with Gasteiger partial charge in [0.1, 0.15) is 22.6 Å². The number of amides is 1. The highest BCUT2D eigenvalue weighted by Crippen LogP contribution is 2.33. The summed E-state index contributed by atoms with van der Waals surface area (Å²) in [4.78, 5) is 20.4. The maximum Gasteiger partial charge on any atom is 0.257 e. The molecule has 0 saturated carbocycles. The van der Waals surface area contributed by atoms with Gasteiger partial charge in [-0.05, 0) is 54.4 Å². The highest BCUT2D eigenvalue weighted by atomic mass is 35.5. The lowest BCUT2D eigenvalue weighted by molar-refractivity contribution is 0.102. The number of aliphatic hydroxyl groups excluding tert-OH is 1. The van der Waals surface area contributed by atoms with Gasteiger partial charge < -0.3 is 20.5 Å². The summed E-state index contributed by atoms with van der Waals surface area (Å²) >= 11 is 12.2. The summed E-state index contributed by atoms with van der Waals surface area (Å²) in [6.07, 6.45) is 0.552. The number of phenolic OH excluding ortho intramolecular Hbond substituents is 1. The lowest BCUT2D eigenvalue weighted by Gasteiger charge is -2.07. The Balaban J connectivity index is 1.69. The van der Waals surface area contributed by atoms with Gasteiger partial charge in [-0.15, -0.1) is 0 Å². The summed E-state index contributed by atoms with van der Waals surface area (Å²) in [6, 6.07) is 15.2. The number of benzene rings is 3. The molecule has 0 bridgehead atoms. The number of hydrogen-bond acceptors (Lipinski definition) is 4. The number of H-pyrrole nitrogens is 1. The molecule has 30 heavy (non-hydrogen) atoms. The second-order valence-corrected chi connectivity index (χ2v) is 7.53. The van der Waals surface area contributed by atoms with E-state index in [0.717, 1.165) is 5.56 Å². The van der Waals surface area contributed by atoms with Gasteiger partial charge in [-0.25, -0.2) is 4.98 Å². The molecule has 0 saturated heterocycles. The molecule has 4 aromatic rings. The van der Waals surface area contributed by atoms with Crippen LogP contribution in [0.3, 0.4) is 0 Å². The number of imidazole rings is 1. The van der Waals surface area contributed by atoms with E-state index < -0.39 is 0 Å². The summed E-state index contributed by atoms with van der Waals surface area (Å²) < 4.78 is 0. The van der Waals surface area contributed by atoms with Crippen molar-refractivity contribution in [2.24, 2.45) is 0 Å². The minimum absolute atomic E-state index is 0.0289. The van der Waals surface area contributed by atoms with Crippen LogP contribution in [0.4, 0.5) is 5.69 Å². The van der Waals surface area contributed by atoms with E-state index in [9.17, 15) is 9.90 Å². The van der Waals surface area contributed by atoms with E-state index in [1.54, 1.807) is 30.3 Å². The molecular formula is C22H17Cl2N3O3. The molecule has 0 aliphatic rings. The van der Waals surface area contributed by atoms with Gasteiger partial charge in [0.05, 0.1) is 10.6 Å². The van der Waals surface area contributed by atoms with Crippen molar-refractivity contribution in [2.75, 3.05) is 11.9 Å². The second kappa shape index (κ2) is 8.36. The Hall–Kier alpha value is -3.06. The number of fused-ring (bicyclic) bond motifs is 1. The Morgan fingerprint density at radius 2 is 1.83 bits per heavy atom. The summed E-state index contributed by atoms with van der Waals surface area (Å²) in [5.41, 5.74) is 3.14. The predicted molar refractivity (Wildman–Crippen MR) is 118 cm³/mol. The van der Waals surface area contributed by atoms with Gasteiger partial charge in [0.25, 0.3) is 5.91 Å². The number of nitrogens with one attached hydrogen (secondary N) is 2. The lowest BCUT2D eigenvalue weighted by atomic mass is 10.1. The molecule has 4 N–H and O–H groups in total. The Bertz CT molecular complexity index is 1240. The van der Waals surface area contributed by atoms with Crippen LogP contribution in [0.25, 0.3) is 22.4 Å². The molecule has 0 fully saturated rings. The zero-order chi connectivity index (χ0) is 21.3. The summed E-state index contributed by atoms with van der Waals surface area (Å²) in [5, 5.41) is 23.0. The number of carbonyl (C=O) groups excluding carboxylic acids is 1. The van der Waals surface area contributed by atoms with Gasteiger partial charge in [-0.3, -0.25) is 4.79 Å². The number of halogens is 2. The minimum atomic E-state index is -0.366. The predicted octanol–water partition coefficient (Wildman–Crippen LogP) is 5.03. The Morgan fingerprint density at radius 1 is 1.07 bits per heavy atom. The van der Waals surface area contributed by atoms with E-state index in [4.69, 9.17) is 28.3 Å². The first-order valence-electron chi connectivity index (χ1n) is 9.14. The number of aromatic amines is 1. The van der Waals surface area contributed by atoms with Crippen molar-refractivity contribution >= 4 is 45.8 Å². The Morgan fingerprint density at radius 3 is 2.53 bits per heavy atom. The van der Waals surface area contributed by atoms with Crippen LogP contribution in [0, 0.1) is 0 Å². The van der Waals surface area contributed by atoms with E-state index in [-0.39, 0.29) is 18.3 Å². The van der Waals surface area contributed by atoms with Crippen molar-refractivity contribution in [2.45, 2.75) is 6.42 Å². The van der Waals surface area contributed by atoms with Crippen molar-refractivity contribution in [1.82, 2.24) is 9.97 Å². The van der Waals surface area contributed by atoms with Crippen LogP contribution in [0.5, 0.6) is 5.75 Å². The van der Waals surface area contributed by atoms with Crippen molar-refractivity contribution in [1.29, 1.82) is 0 Å². The number of aliphatic hydroxyl groups is 1. The molecule has 6 nitrogen and oxygen atoms in total. The van der Waals surface area contributed by atoms with Crippen LogP contribution in [-0.4, -0.2) is 32.7 Å². The summed E-state index contributed by atoms with van der Waals surface area (Å²) in [5.74, 6) is 0.0180. The largest absolute Gasteiger partial charge is 0.506 e. The molecule has 0 unspecified atom stereocenters. The van der Waals surface area contributed by atoms with Gasteiger partial charge >= 0.3 is 0 Å². The average molecular weight is 442 g/mol. The number of nitrogens with zero attached hydrogens (tertiary/aromatic N) is 1. The van der Waals surface area contributed by atoms with Crippen LogP contribution >= 0.6 is 23.2 Å². The van der Waals surface area contributed by atoms with E-state index in [2.05, 4.69) is 15.3 Å². The SMILES string of the molecule is O=C(Nc1ccc(CCO)cc1)c1ccc(O)c2[nH]c(-c3ccc(Cl)cc3Cl)nc12. The van der Waals surface area contributed by atoms with E-state index in [1.165, 1.54) is 12.1 Å². The molecule has 1 heterocycles. The first-order valence-corrected chi connectivity index (χ1v) is 9.90. The molecular weight excluding hydrogens is 425 g/mol. The minimum Gasteiger partial charge on any atom is -0.506 e. The number of carbonyl (C=O) groups is 1. The average Bonchev–Trinajstić information content (AvgIpc) is 3.15. The lowest BCUT2D eigenvalue weighted by Crippen LogP contribution is -2.12. The molecule has 1 aromatic heterocycles. The fourth-order valence-corrected chi connectivity index (χ4v) is 3.65. The molecule has 3 aromatic carbocycles. The van der Waals surface area contributed by atoms with Gasteiger partial charge in [0.2, 0.25) is 0 Å². The van der Waals surface area contributed by atoms with Crippen molar-refractivity contribution in [3.05, 3.63) is 75.8 Å². The van der Waals surface area contributed by atoms with E-state index >= 15 is 0 Å². The molecule has 0 aliphatic heterocycles. The third-order valence-corrected chi connectivity index (χ3v) is 5.21. The number of anilines is 1. The quantitative estimate of drug-likeness (QED) is 0.349. The Labute approximate surface area is 182 Å². The Kier molecular flexibility index (Phi) is 5.63. The molecule has 0 radical (unpaired) electrons. The molecule has 0 aliphatic carbocycles. The molecule has 4 rings (SSSR count). The fraction of sp³-hybridized carbons (Fsp3) is 0.0909. The van der Waals surface area contributed by atoms with Gasteiger partial charge in [0, 0.05) is 22.9 Å². The highest BCUT2D eigenvalue weighted by Gasteiger charge is 2.18. The van der Waals surface area contributed by atoms with Crippen LogP contribution < -0.4 is 5.32 Å². The molecule has 0 spiro atoms. The van der Waals surface area contributed by atoms with Crippen molar-refractivity contribution in [3.63, 3.8) is 0 Å². The van der Waals surface area contributed by atoms with Crippen LogP contribution in [0.2, 0.25) is 10.0 Å². The fourth-order valence-electron chi connectivity index (χ4n) is 3.15. The highest BCUT2D eigenvalue weighted by molar-refractivity contribution is 6.36. The topological polar surface area (TPSA) is 98.2 Å². The number of aromatic hydroxyl groups is 1. The summed E-state index contributed by atoms with van der Waals surface area (Å²) in [6.45, 7) is 0.0658. The van der Waals surface area contributed by atoms with Crippen molar-refractivity contribution < 1.29 is 15.0 Å². The maximum absolute atomic E-state index is 12.9. The second-order valence-electron chi connectivity index (χ2n) is 6.69. The normalized spacial score (nSPS) is 11.0. The number of aromatic nitrogens is 2. The number of rotatable bonds is 5. The molecule has 152 valence electrons. The van der Waals surface area contributed by atoms with Crippen LogP contribution in [0.15, 0.2) is 54.6 Å². The van der Waals surface area contributed by atoms with Gasteiger partial charge in [-0.1, -0.05) is 35.3 Å². The third-order valence-electron chi connectivity index (χ3n) is 4.67. The summed E-state index contributed by atoms with van der Waals surface area (Å²) in [7, 11) is 0. The maximum atomic E-state index is 12.9. The smallest absolute Gasteiger partial charge is 0.257 e. The van der Waals surface area contributed by atoms with Crippen molar-refractivity contribution in [3.8, 4) is 17.1 Å². The monoisotopic (exact) mass is 441 g/mol. The van der Waals surface area contributed by atoms with Gasteiger partial charge in [0.15, 0.2) is 0 Å². The van der Waals surface area contributed by atoms with Crippen LogP contribution in [-0.2, 0) is 6.42 Å². The van der Waals surface area contributed by atoms with Gasteiger partial charge in [-0.2, -0.15) is 0 Å². The third kappa shape index (κ3) is 3.98. The first-order chi connectivity index (χ1) is 14.5. The van der Waals surface area contributed by atoms with E-state index in [0.29, 0.717) is 50.1 Å². The zero-order valence-corrected chi connectivity index (χ0v) is 17.1. The number of phenols is 1. The molecule has 1 amide bonds.